The van der Waals surface area contributed by atoms with Crippen LogP contribution in [0.2, 0.25) is 0 Å². The van der Waals surface area contributed by atoms with Gasteiger partial charge in [-0.15, -0.1) is 0 Å². The third-order valence-corrected chi connectivity index (χ3v) is 7.20. The second kappa shape index (κ2) is 9.24. The molecule has 1 aliphatic heterocycles. The molecule has 1 unspecified atom stereocenters. The molecular formula is C20H32N3O4S+. The van der Waals surface area contributed by atoms with Crippen molar-refractivity contribution < 1.29 is 22.8 Å². The molecule has 1 heterocycles. The van der Waals surface area contributed by atoms with Crippen molar-refractivity contribution in [3.8, 4) is 5.75 Å². The smallest absolute Gasteiger partial charge is 0.251 e. The summed E-state index contributed by atoms with van der Waals surface area (Å²) >= 11 is 0. The van der Waals surface area contributed by atoms with Crippen LogP contribution in [0.5, 0.6) is 5.75 Å². The lowest BCUT2D eigenvalue weighted by Gasteiger charge is -2.30. The largest absolute Gasteiger partial charge is 0.495 e. The van der Waals surface area contributed by atoms with Crippen molar-refractivity contribution in [3.05, 3.63) is 23.8 Å². The number of carbonyl (C=O) groups excluding carboxylic acids is 1. The summed E-state index contributed by atoms with van der Waals surface area (Å²) in [5.41, 5.74) is 0.329. The summed E-state index contributed by atoms with van der Waals surface area (Å²) in [4.78, 5) is 14.1. The molecule has 28 heavy (non-hydrogen) atoms. The zero-order chi connectivity index (χ0) is 20.1. The molecule has 0 radical (unpaired) electrons. The minimum Gasteiger partial charge on any atom is -0.495 e. The maximum Gasteiger partial charge on any atom is 0.251 e. The molecule has 1 aliphatic carbocycles. The summed E-state index contributed by atoms with van der Waals surface area (Å²) in [6.45, 7) is 5.14. The molecule has 3 rings (SSSR count). The number of benzene rings is 1. The lowest BCUT2D eigenvalue weighted by atomic mass is 10.0. The van der Waals surface area contributed by atoms with Gasteiger partial charge in [-0.05, 0) is 57.2 Å². The summed E-state index contributed by atoms with van der Waals surface area (Å²) in [5.74, 6) is -0.0143. The second-order valence-electron chi connectivity index (χ2n) is 7.93. The third-order valence-electron chi connectivity index (χ3n) is 5.66. The van der Waals surface area contributed by atoms with Crippen molar-refractivity contribution in [3.63, 3.8) is 0 Å². The molecule has 2 fully saturated rings. The topological polar surface area (TPSA) is 88.9 Å². The monoisotopic (exact) mass is 410 g/mol. The van der Waals surface area contributed by atoms with Crippen LogP contribution in [0.15, 0.2) is 23.1 Å². The number of nitrogens with one attached hydrogen (secondary N) is 3. The number of rotatable bonds is 9. The first-order valence-corrected chi connectivity index (χ1v) is 11.7. The number of methoxy groups -OCH3 is 1. The first-order chi connectivity index (χ1) is 13.4. The van der Waals surface area contributed by atoms with Crippen molar-refractivity contribution in [1.82, 2.24) is 10.0 Å². The average molecular weight is 411 g/mol. The van der Waals surface area contributed by atoms with E-state index in [2.05, 4.69) is 17.0 Å². The van der Waals surface area contributed by atoms with Crippen LogP contribution in [0, 0.1) is 0 Å². The Morgan fingerprint density at radius 2 is 2.04 bits per heavy atom. The standard InChI is InChI=1S/C20H31N3O4S/c1-15-6-3-4-12-23(15)13-5-11-21-20(24)16-7-10-18(27-2)19(14-16)28(25,26)22-17-8-9-17/h7,10,14-15,17,22H,3-6,8-9,11-13H2,1-2H3,(H,21,24)/p+1/t15-/m1/s1. The van der Waals surface area contributed by atoms with E-state index in [0.29, 0.717) is 18.2 Å². The Bertz CT molecular complexity index is 793. The first-order valence-electron chi connectivity index (χ1n) is 10.2. The molecule has 2 atom stereocenters. The highest BCUT2D eigenvalue weighted by molar-refractivity contribution is 7.89. The zero-order valence-electron chi connectivity index (χ0n) is 16.8. The number of piperidine rings is 1. The Balaban J connectivity index is 1.58. The highest BCUT2D eigenvalue weighted by atomic mass is 32.2. The summed E-state index contributed by atoms with van der Waals surface area (Å²) in [6.07, 6.45) is 6.48. The van der Waals surface area contributed by atoms with Gasteiger partial charge in [-0.1, -0.05) is 0 Å². The van der Waals surface area contributed by atoms with Crippen LogP contribution < -0.4 is 19.7 Å². The van der Waals surface area contributed by atoms with Gasteiger partial charge in [0.25, 0.3) is 5.91 Å². The number of carbonyl (C=O) groups is 1. The van der Waals surface area contributed by atoms with Crippen LogP contribution in [0.25, 0.3) is 0 Å². The minimum atomic E-state index is -3.70. The van der Waals surface area contributed by atoms with Crippen molar-refractivity contribution in [2.75, 3.05) is 26.7 Å². The van der Waals surface area contributed by atoms with Gasteiger partial charge in [-0.3, -0.25) is 4.79 Å². The fourth-order valence-corrected chi connectivity index (χ4v) is 5.26. The number of hydrogen-bond donors (Lipinski definition) is 3. The molecule has 7 nitrogen and oxygen atoms in total. The molecule has 1 amide bonds. The Morgan fingerprint density at radius 1 is 1.25 bits per heavy atom. The molecule has 1 saturated heterocycles. The second-order valence-corrected chi connectivity index (χ2v) is 9.61. The minimum absolute atomic E-state index is 0.00753. The highest BCUT2D eigenvalue weighted by Gasteiger charge is 2.30. The fraction of sp³-hybridized carbons (Fsp3) is 0.650. The average Bonchev–Trinajstić information content (AvgIpc) is 3.49. The summed E-state index contributed by atoms with van der Waals surface area (Å²) < 4.78 is 33.0. The number of sulfonamides is 1. The van der Waals surface area contributed by atoms with Gasteiger partial charge in [0.1, 0.15) is 10.6 Å². The summed E-state index contributed by atoms with van der Waals surface area (Å²) in [6, 6.07) is 5.22. The Hall–Kier alpha value is -1.64. The fourth-order valence-electron chi connectivity index (χ4n) is 3.76. The van der Waals surface area contributed by atoms with E-state index >= 15 is 0 Å². The Morgan fingerprint density at radius 3 is 2.71 bits per heavy atom. The molecule has 3 N–H and O–H groups in total. The van der Waals surface area contributed by atoms with Crippen LogP contribution in [-0.4, -0.2) is 53.2 Å². The summed E-state index contributed by atoms with van der Waals surface area (Å²) in [7, 11) is -2.27. The van der Waals surface area contributed by atoms with Crippen LogP contribution >= 0.6 is 0 Å². The maximum atomic E-state index is 12.6. The molecule has 8 heteroatoms. The molecule has 156 valence electrons. The SMILES string of the molecule is COc1ccc(C(=O)NCCC[NH+]2CCCC[C@H]2C)cc1S(=O)(=O)NC1CC1. The quantitative estimate of drug-likeness (QED) is 0.523. The van der Waals surface area contributed by atoms with Crippen LogP contribution in [0.3, 0.4) is 0 Å². The van der Waals surface area contributed by atoms with Crippen molar-refractivity contribution in [1.29, 1.82) is 0 Å². The van der Waals surface area contributed by atoms with Crippen molar-refractivity contribution >= 4 is 15.9 Å². The number of likely N-dealkylation sites (tertiary alicyclic amines) is 1. The van der Waals surface area contributed by atoms with E-state index in [1.807, 2.05) is 0 Å². The molecule has 1 saturated carbocycles. The lowest BCUT2D eigenvalue weighted by molar-refractivity contribution is -0.928. The van der Waals surface area contributed by atoms with E-state index in [1.54, 1.807) is 11.0 Å². The van der Waals surface area contributed by atoms with Gasteiger partial charge < -0.3 is 15.0 Å². The molecule has 2 aliphatic rings. The molecule has 1 aromatic rings. The van der Waals surface area contributed by atoms with Crippen LogP contribution in [-0.2, 0) is 10.0 Å². The van der Waals surface area contributed by atoms with Gasteiger partial charge in [0.05, 0.1) is 26.2 Å². The van der Waals surface area contributed by atoms with Gasteiger partial charge in [-0.25, -0.2) is 13.1 Å². The van der Waals surface area contributed by atoms with Gasteiger partial charge in [0.2, 0.25) is 10.0 Å². The maximum absolute atomic E-state index is 12.6. The van der Waals surface area contributed by atoms with Crippen molar-refractivity contribution in [2.45, 2.75) is 62.4 Å². The molecular weight excluding hydrogens is 378 g/mol. The highest BCUT2D eigenvalue weighted by Crippen LogP contribution is 2.28. The zero-order valence-corrected chi connectivity index (χ0v) is 17.6. The predicted octanol–water partition coefficient (Wildman–Crippen LogP) is 0.713. The van der Waals surface area contributed by atoms with E-state index in [1.165, 1.54) is 45.0 Å². The van der Waals surface area contributed by atoms with E-state index in [4.69, 9.17) is 4.74 Å². The van der Waals surface area contributed by atoms with Crippen LogP contribution in [0.1, 0.15) is 55.8 Å². The normalized spacial score (nSPS) is 22.6. The number of hydrogen-bond acceptors (Lipinski definition) is 4. The lowest BCUT2D eigenvalue weighted by Crippen LogP contribution is -3.16. The molecule has 1 aromatic carbocycles. The summed E-state index contributed by atoms with van der Waals surface area (Å²) in [5, 5.41) is 2.91. The molecule has 0 bridgehead atoms. The van der Waals surface area contributed by atoms with E-state index in [9.17, 15) is 13.2 Å². The van der Waals surface area contributed by atoms with E-state index in [-0.39, 0.29) is 22.6 Å². The number of amides is 1. The number of quaternary nitrogens is 1. The predicted molar refractivity (Wildman–Crippen MR) is 107 cm³/mol. The van der Waals surface area contributed by atoms with E-state index in [0.717, 1.165) is 25.8 Å². The third kappa shape index (κ3) is 5.46. The van der Waals surface area contributed by atoms with Gasteiger partial charge in [0.15, 0.2) is 0 Å². The van der Waals surface area contributed by atoms with Gasteiger partial charge >= 0.3 is 0 Å². The molecule has 0 spiro atoms. The Labute approximate surface area is 167 Å². The number of ether oxygens (including phenoxy) is 1. The van der Waals surface area contributed by atoms with Crippen molar-refractivity contribution in [2.24, 2.45) is 0 Å². The van der Waals surface area contributed by atoms with Crippen LogP contribution in [0.4, 0.5) is 0 Å². The van der Waals surface area contributed by atoms with E-state index < -0.39 is 10.0 Å². The Kier molecular flexibility index (Phi) is 6.95. The molecule has 0 aromatic heterocycles. The van der Waals surface area contributed by atoms with Gasteiger partial charge in [-0.2, -0.15) is 0 Å². The first kappa shape index (κ1) is 21.1. The van der Waals surface area contributed by atoms with Gasteiger partial charge in [0, 0.05) is 24.6 Å².